The molecule has 0 aliphatic rings. The molecule has 0 aliphatic carbocycles. The molecule has 0 fully saturated rings. The Morgan fingerprint density at radius 3 is 2.47 bits per heavy atom. The fraction of sp³-hybridized carbons (Fsp3) is 0.200. The quantitative estimate of drug-likeness (QED) is 0.908. The van der Waals surface area contributed by atoms with Gasteiger partial charge in [0.2, 0.25) is 0 Å². The van der Waals surface area contributed by atoms with Gasteiger partial charge in [-0.15, -0.1) is 10.2 Å². The van der Waals surface area contributed by atoms with Crippen LogP contribution in [0.15, 0.2) is 28.5 Å². The molecular formula is C10H10F2N4S. The van der Waals surface area contributed by atoms with Gasteiger partial charge in [-0.2, -0.15) is 0 Å². The van der Waals surface area contributed by atoms with Crippen LogP contribution in [0, 0.1) is 11.6 Å². The maximum Gasteiger partial charge on any atom is 0.195 e. The first-order valence-electron chi connectivity index (χ1n) is 4.81. The zero-order valence-electron chi connectivity index (χ0n) is 9.02. The minimum atomic E-state index is -0.640. The number of aryl methyl sites for hydroxylation is 1. The minimum absolute atomic E-state index is 0.0988. The molecule has 0 saturated carbocycles. The molecule has 2 rings (SSSR count). The van der Waals surface area contributed by atoms with Gasteiger partial charge in [0.25, 0.3) is 0 Å². The summed E-state index contributed by atoms with van der Waals surface area (Å²) >= 11 is 0.892. The van der Waals surface area contributed by atoms with Crippen LogP contribution in [0.1, 0.15) is 5.56 Å². The van der Waals surface area contributed by atoms with Crippen molar-refractivity contribution < 1.29 is 8.78 Å². The Kier molecular flexibility index (Phi) is 3.39. The third kappa shape index (κ3) is 2.45. The summed E-state index contributed by atoms with van der Waals surface area (Å²) in [6, 6.07) is 2.45. The fourth-order valence-electron chi connectivity index (χ4n) is 1.28. The van der Waals surface area contributed by atoms with Crippen LogP contribution in [0.5, 0.6) is 0 Å². The fourth-order valence-corrected chi connectivity index (χ4v) is 2.06. The van der Waals surface area contributed by atoms with Crippen LogP contribution in [0.3, 0.4) is 0 Å². The molecule has 7 heteroatoms. The van der Waals surface area contributed by atoms with Crippen LogP contribution in [0.25, 0.3) is 0 Å². The lowest BCUT2D eigenvalue weighted by Gasteiger charge is -2.06. The highest BCUT2D eigenvalue weighted by Crippen LogP contribution is 2.31. The van der Waals surface area contributed by atoms with Crippen LogP contribution in [0.4, 0.5) is 8.78 Å². The van der Waals surface area contributed by atoms with Crippen molar-refractivity contribution in [2.45, 2.75) is 16.6 Å². The molecule has 1 aromatic carbocycles. The Balaban J connectivity index is 2.36. The first-order chi connectivity index (χ1) is 8.11. The standard InChI is InChI=1S/C10H10F2N4S/c1-16-5-14-15-10(16)17-9-7(11)2-6(4-13)3-8(9)12/h2-3,5H,4,13H2,1H3. The summed E-state index contributed by atoms with van der Waals surface area (Å²) in [5, 5.41) is 7.81. The van der Waals surface area contributed by atoms with Gasteiger partial charge in [0, 0.05) is 13.6 Å². The van der Waals surface area contributed by atoms with Crippen LogP contribution < -0.4 is 5.73 Å². The first-order valence-corrected chi connectivity index (χ1v) is 5.63. The third-order valence-corrected chi connectivity index (χ3v) is 3.30. The van der Waals surface area contributed by atoms with Crippen molar-refractivity contribution in [2.24, 2.45) is 12.8 Å². The van der Waals surface area contributed by atoms with Gasteiger partial charge in [-0.25, -0.2) is 8.78 Å². The van der Waals surface area contributed by atoms with E-state index >= 15 is 0 Å². The van der Waals surface area contributed by atoms with Crippen molar-refractivity contribution in [3.63, 3.8) is 0 Å². The van der Waals surface area contributed by atoms with E-state index in [2.05, 4.69) is 10.2 Å². The Morgan fingerprint density at radius 1 is 1.35 bits per heavy atom. The van der Waals surface area contributed by atoms with E-state index in [1.54, 1.807) is 11.6 Å². The van der Waals surface area contributed by atoms with E-state index < -0.39 is 11.6 Å². The van der Waals surface area contributed by atoms with E-state index in [0.29, 0.717) is 10.7 Å². The Morgan fingerprint density at radius 2 is 2.00 bits per heavy atom. The summed E-state index contributed by atoms with van der Waals surface area (Å²) in [5.74, 6) is -1.28. The monoisotopic (exact) mass is 256 g/mol. The van der Waals surface area contributed by atoms with Gasteiger partial charge in [-0.3, -0.25) is 0 Å². The van der Waals surface area contributed by atoms with Crippen LogP contribution in [0.2, 0.25) is 0 Å². The molecule has 0 aliphatic heterocycles. The Labute approximate surface area is 101 Å². The number of benzene rings is 1. The molecule has 2 aromatic rings. The predicted octanol–water partition coefficient (Wildman–Crippen LogP) is 1.70. The molecule has 0 atom stereocenters. The number of halogens is 2. The maximum atomic E-state index is 13.6. The average molecular weight is 256 g/mol. The number of hydrogen-bond donors (Lipinski definition) is 1. The lowest BCUT2D eigenvalue weighted by Crippen LogP contribution is -2.00. The second-order valence-corrected chi connectivity index (χ2v) is 4.40. The smallest absolute Gasteiger partial charge is 0.195 e. The SMILES string of the molecule is Cn1cnnc1Sc1c(F)cc(CN)cc1F. The number of hydrogen-bond acceptors (Lipinski definition) is 4. The van der Waals surface area contributed by atoms with Gasteiger partial charge >= 0.3 is 0 Å². The largest absolute Gasteiger partial charge is 0.326 e. The van der Waals surface area contributed by atoms with Crippen LogP contribution in [-0.4, -0.2) is 14.8 Å². The van der Waals surface area contributed by atoms with E-state index in [9.17, 15) is 8.78 Å². The summed E-state index contributed by atoms with van der Waals surface area (Å²) in [5.41, 5.74) is 5.75. The van der Waals surface area contributed by atoms with E-state index in [4.69, 9.17) is 5.73 Å². The van der Waals surface area contributed by atoms with Crippen molar-refractivity contribution in [3.8, 4) is 0 Å². The summed E-state index contributed by atoms with van der Waals surface area (Å²) in [6.45, 7) is 0.0999. The van der Waals surface area contributed by atoms with E-state index in [-0.39, 0.29) is 11.4 Å². The van der Waals surface area contributed by atoms with Crippen LogP contribution in [-0.2, 0) is 13.6 Å². The second-order valence-electron chi connectivity index (χ2n) is 3.42. The molecule has 1 aromatic heterocycles. The molecule has 2 N–H and O–H groups in total. The van der Waals surface area contributed by atoms with Gasteiger partial charge in [0.15, 0.2) is 5.16 Å². The topological polar surface area (TPSA) is 56.7 Å². The number of aromatic nitrogens is 3. The lowest BCUT2D eigenvalue weighted by atomic mass is 10.2. The van der Waals surface area contributed by atoms with E-state index in [1.807, 2.05) is 0 Å². The zero-order valence-corrected chi connectivity index (χ0v) is 9.84. The number of rotatable bonds is 3. The molecule has 90 valence electrons. The normalized spacial score (nSPS) is 10.8. The first kappa shape index (κ1) is 12.0. The van der Waals surface area contributed by atoms with E-state index in [1.165, 1.54) is 18.5 Å². The van der Waals surface area contributed by atoms with Gasteiger partial charge in [0.05, 0.1) is 4.90 Å². The summed E-state index contributed by atoms with van der Waals surface area (Å²) in [6.07, 6.45) is 1.46. The van der Waals surface area contributed by atoms with Crippen molar-refractivity contribution in [1.29, 1.82) is 0 Å². The Hall–Kier alpha value is -1.47. The summed E-state index contributed by atoms with van der Waals surface area (Å²) in [7, 11) is 1.70. The third-order valence-electron chi connectivity index (χ3n) is 2.16. The molecule has 0 spiro atoms. The van der Waals surface area contributed by atoms with Gasteiger partial charge < -0.3 is 10.3 Å². The highest BCUT2D eigenvalue weighted by molar-refractivity contribution is 7.99. The van der Waals surface area contributed by atoms with Crippen molar-refractivity contribution >= 4 is 11.8 Å². The molecule has 0 amide bonds. The lowest BCUT2D eigenvalue weighted by molar-refractivity contribution is 0.536. The van der Waals surface area contributed by atoms with Gasteiger partial charge in [0.1, 0.15) is 18.0 Å². The molecular weight excluding hydrogens is 246 g/mol. The Bertz CT molecular complexity index is 518. The predicted molar refractivity (Wildman–Crippen MR) is 59.4 cm³/mol. The summed E-state index contributed by atoms with van der Waals surface area (Å²) < 4.78 is 28.9. The highest BCUT2D eigenvalue weighted by Gasteiger charge is 2.14. The van der Waals surface area contributed by atoms with Crippen molar-refractivity contribution in [1.82, 2.24) is 14.8 Å². The summed E-state index contributed by atoms with van der Waals surface area (Å²) in [4.78, 5) is -0.0988. The molecule has 0 saturated heterocycles. The average Bonchev–Trinajstić information content (AvgIpc) is 2.69. The molecule has 0 unspecified atom stereocenters. The number of nitrogens with two attached hydrogens (primary N) is 1. The highest BCUT2D eigenvalue weighted by atomic mass is 32.2. The zero-order chi connectivity index (χ0) is 12.4. The van der Waals surface area contributed by atoms with E-state index in [0.717, 1.165) is 11.8 Å². The minimum Gasteiger partial charge on any atom is -0.326 e. The van der Waals surface area contributed by atoms with Crippen molar-refractivity contribution in [2.75, 3.05) is 0 Å². The maximum absolute atomic E-state index is 13.6. The molecule has 0 bridgehead atoms. The second kappa shape index (κ2) is 4.80. The van der Waals surface area contributed by atoms with Crippen molar-refractivity contribution in [3.05, 3.63) is 35.7 Å². The molecule has 1 heterocycles. The van der Waals surface area contributed by atoms with Crippen LogP contribution >= 0.6 is 11.8 Å². The molecule has 0 radical (unpaired) electrons. The van der Waals surface area contributed by atoms with Gasteiger partial charge in [-0.1, -0.05) is 0 Å². The number of nitrogens with zero attached hydrogens (tertiary/aromatic N) is 3. The molecule has 17 heavy (non-hydrogen) atoms. The molecule has 4 nitrogen and oxygen atoms in total. The van der Waals surface area contributed by atoms with Gasteiger partial charge in [-0.05, 0) is 29.5 Å².